The van der Waals surface area contributed by atoms with Crippen molar-refractivity contribution in [2.75, 3.05) is 17.1 Å². The van der Waals surface area contributed by atoms with Gasteiger partial charge < -0.3 is 10.1 Å². The molecule has 32 heavy (non-hydrogen) atoms. The van der Waals surface area contributed by atoms with E-state index in [0.29, 0.717) is 23.7 Å². The number of methoxy groups -OCH3 is 1. The zero-order valence-corrected chi connectivity index (χ0v) is 17.7. The molecule has 3 rings (SSSR count). The summed E-state index contributed by atoms with van der Waals surface area (Å²) >= 11 is 0. The van der Waals surface area contributed by atoms with Gasteiger partial charge >= 0.3 is 0 Å². The smallest absolute Gasteiger partial charge is 0.261 e. The Morgan fingerprint density at radius 1 is 0.875 bits per heavy atom. The zero-order valence-electron chi connectivity index (χ0n) is 16.9. The third-order valence-electron chi connectivity index (χ3n) is 4.48. The second kappa shape index (κ2) is 9.73. The van der Waals surface area contributed by atoms with E-state index in [4.69, 9.17) is 4.74 Å². The van der Waals surface area contributed by atoms with Crippen LogP contribution in [0.1, 0.15) is 12.0 Å². The minimum Gasteiger partial charge on any atom is -0.494 e. The summed E-state index contributed by atoms with van der Waals surface area (Å²) in [6.45, 7) is 0. The highest BCUT2D eigenvalue weighted by molar-refractivity contribution is 7.92. The van der Waals surface area contributed by atoms with Gasteiger partial charge in [0.25, 0.3) is 10.0 Å². The summed E-state index contributed by atoms with van der Waals surface area (Å²) in [5.74, 6) is -3.12. The van der Waals surface area contributed by atoms with Crippen LogP contribution < -0.4 is 14.8 Å². The molecule has 0 fully saturated rings. The molecule has 0 heterocycles. The Kier molecular flexibility index (Phi) is 7.04. The van der Waals surface area contributed by atoms with E-state index in [-0.39, 0.29) is 23.8 Å². The minimum atomic E-state index is -4.12. The first-order chi connectivity index (χ1) is 15.2. The number of aryl methyl sites for hydroxylation is 1. The quantitative estimate of drug-likeness (QED) is 0.515. The van der Waals surface area contributed by atoms with E-state index < -0.39 is 32.4 Å². The van der Waals surface area contributed by atoms with Gasteiger partial charge in [-0.3, -0.25) is 9.52 Å². The van der Waals surface area contributed by atoms with Gasteiger partial charge in [0.2, 0.25) is 5.91 Å². The second-order valence-corrected chi connectivity index (χ2v) is 8.46. The lowest BCUT2D eigenvalue weighted by molar-refractivity contribution is -0.116. The van der Waals surface area contributed by atoms with Crippen molar-refractivity contribution in [2.45, 2.75) is 17.7 Å². The molecule has 0 unspecified atom stereocenters. The molecule has 0 atom stereocenters. The Hall–Kier alpha value is -3.53. The predicted octanol–water partition coefficient (Wildman–Crippen LogP) is 4.48. The van der Waals surface area contributed by atoms with Gasteiger partial charge in [0.1, 0.15) is 0 Å². The molecule has 0 spiro atoms. The molecular weight excluding hydrogens is 445 g/mol. The standard InChI is InChI=1S/C22H19F3N2O4S/c1-31-21-10-2-14(12-20(21)25)3-11-22(28)26-15-4-6-16(7-5-15)27-32(29,30)17-8-9-18(23)19(24)13-17/h2,4-10,12-13,27H,3,11H2,1H3,(H,26,28). The normalized spacial score (nSPS) is 11.1. The van der Waals surface area contributed by atoms with Crippen molar-refractivity contribution >= 4 is 27.3 Å². The Morgan fingerprint density at radius 2 is 1.56 bits per heavy atom. The van der Waals surface area contributed by atoms with Crippen LogP contribution in [0.25, 0.3) is 0 Å². The maximum absolute atomic E-state index is 13.7. The van der Waals surface area contributed by atoms with E-state index in [1.807, 2.05) is 0 Å². The number of benzene rings is 3. The molecule has 0 radical (unpaired) electrons. The molecule has 10 heteroatoms. The maximum atomic E-state index is 13.7. The summed E-state index contributed by atoms with van der Waals surface area (Å²) in [4.78, 5) is 11.7. The van der Waals surface area contributed by atoms with Crippen molar-refractivity contribution in [3.63, 3.8) is 0 Å². The Balaban J connectivity index is 1.57. The summed E-state index contributed by atoms with van der Waals surface area (Å²) in [6.07, 6.45) is 0.426. The number of carbonyl (C=O) groups excluding carboxylic acids is 1. The molecule has 2 N–H and O–H groups in total. The Morgan fingerprint density at radius 3 is 2.19 bits per heavy atom. The molecule has 168 valence electrons. The number of ether oxygens (including phenoxy) is 1. The highest BCUT2D eigenvalue weighted by Crippen LogP contribution is 2.21. The van der Waals surface area contributed by atoms with Gasteiger partial charge in [-0.25, -0.2) is 21.6 Å². The van der Waals surface area contributed by atoms with Gasteiger partial charge in [0.05, 0.1) is 12.0 Å². The largest absolute Gasteiger partial charge is 0.494 e. The van der Waals surface area contributed by atoms with E-state index in [1.165, 1.54) is 43.5 Å². The van der Waals surface area contributed by atoms with Crippen LogP contribution in [0.3, 0.4) is 0 Å². The SMILES string of the molecule is COc1ccc(CCC(=O)Nc2ccc(NS(=O)(=O)c3ccc(F)c(F)c3)cc2)cc1F. The lowest BCUT2D eigenvalue weighted by Gasteiger charge is -2.10. The number of anilines is 2. The molecule has 0 aliphatic heterocycles. The molecule has 3 aromatic carbocycles. The average Bonchev–Trinajstić information content (AvgIpc) is 2.75. The highest BCUT2D eigenvalue weighted by Gasteiger charge is 2.17. The van der Waals surface area contributed by atoms with E-state index >= 15 is 0 Å². The molecule has 0 aliphatic carbocycles. The van der Waals surface area contributed by atoms with Gasteiger partial charge in [-0.1, -0.05) is 6.07 Å². The van der Waals surface area contributed by atoms with E-state index in [2.05, 4.69) is 10.0 Å². The summed E-state index contributed by atoms with van der Waals surface area (Å²) in [5.41, 5.74) is 1.23. The number of sulfonamides is 1. The molecule has 0 bridgehead atoms. The molecule has 0 saturated heterocycles. The predicted molar refractivity (Wildman–Crippen MR) is 114 cm³/mol. The van der Waals surface area contributed by atoms with E-state index in [0.717, 1.165) is 12.1 Å². The number of nitrogens with one attached hydrogen (secondary N) is 2. The number of hydrogen-bond acceptors (Lipinski definition) is 4. The number of amides is 1. The molecular formula is C22H19F3N2O4S. The van der Waals surface area contributed by atoms with Crippen molar-refractivity contribution in [2.24, 2.45) is 0 Å². The van der Waals surface area contributed by atoms with Crippen LogP contribution in [0.4, 0.5) is 24.5 Å². The first-order valence-corrected chi connectivity index (χ1v) is 10.9. The van der Waals surface area contributed by atoms with E-state index in [9.17, 15) is 26.4 Å². The molecule has 6 nitrogen and oxygen atoms in total. The molecule has 3 aromatic rings. The summed E-state index contributed by atoms with van der Waals surface area (Å²) in [5, 5.41) is 2.66. The monoisotopic (exact) mass is 464 g/mol. The van der Waals surface area contributed by atoms with Crippen LogP contribution in [0, 0.1) is 17.5 Å². The topological polar surface area (TPSA) is 84.5 Å². The van der Waals surface area contributed by atoms with E-state index in [1.54, 1.807) is 6.07 Å². The van der Waals surface area contributed by atoms with Crippen molar-refractivity contribution < 1.29 is 31.1 Å². The third-order valence-corrected chi connectivity index (χ3v) is 5.86. The molecule has 0 aromatic heterocycles. The first-order valence-electron chi connectivity index (χ1n) is 9.38. The van der Waals surface area contributed by atoms with Crippen molar-refractivity contribution in [1.82, 2.24) is 0 Å². The first kappa shape index (κ1) is 23.1. The number of rotatable bonds is 8. The number of hydrogen-bond donors (Lipinski definition) is 2. The summed E-state index contributed by atoms with van der Waals surface area (Å²) < 4.78 is 71.8. The fraction of sp³-hybridized carbons (Fsp3) is 0.136. The average molecular weight is 464 g/mol. The fourth-order valence-corrected chi connectivity index (χ4v) is 3.90. The third kappa shape index (κ3) is 5.79. The van der Waals surface area contributed by atoms with Crippen LogP contribution in [-0.4, -0.2) is 21.4 Å². The number of carbonyl (C=O) groups is 1. The molecule has 0 aliphatic rings. The second-order valence-electron chi connectivity index (χ2n) is 6.78. The van der Waals surface area contributed by atoms with Crippen LogP contribution in [0.15, 0.2) is 65.6 Å². The molecule has 1 amide bonds. The Bertz CT molecular complexity index is 1230. The summed E-state index contributed by atoms with van der Waals surface area (Å²) in [7, 11) is -2.75. The van der Waals surface area contributed by atoms with Crippen LogP contribution in [0.5, 0.6) is 5.75 Å². The minimum absolute atomic E-state index is 0.107. The maximum Gasteiger partial charge on any atom is 0.261 e. The van der Waals surface area contributed by atoms with Gasteiger partial charge in [0, 0.05) is 17.8 Å². The van der Waals surface area contributed by atoms with Crippen molar-refractivity contribution in [3.05, 3.63) is 83.7 Å². The van der Waals surface area contributed by atoms with Crippen molar-refractivity contribution in [3.8, 4) is 5.75 Å². The fourth-order valence-electron chi connectivity index (χ4n) is 2.83. The lowest BCUT2D eigenvalue weighted by Crippen LogP contribution is -2.14. The van der Waals surface area contributed by atoms with Gasteiger partial charge in [-0.2, -0.15) is 0 Å². The Labute approximate surface area is 183 Å². The van der Waals surface area contributed by atoms with Gasteiger partial charge in [-0.15, -0.1) is 0 Å². The highest BCUT2D eigenvalue weighted by atomic mass is 32.2. The van der Waals surface area contributed by atoms with Gasteiger partial charge in [-0.05, 0) is 66.6 Å². The van der Waals surface area contributed by atoms with Crippen LogP contribution in [-0.2, 0) is 21.2 Å². The van der Waals surface area contributed by atoms with Gasteiger partial charge in [0.15, 0.2) is 23.2 Å². The van der Waals surface area contributed by atoms with Crippen molar-refractivity contribution in [1.29, 1.82) is 0 Å². The van der Waals surface area contributed by atoms with Crippen LogP contribution >= 0.6 is 0 Å². The zero-order chi connectivity index (χ0) is 23.3. The number of halogens is 3. The summed E-state index contributed by atoms with van der Waals surface area (Å²) in [6, 6.07) is 12.5. The van der Waals surface area contributed by atoms with Crippen LogP contribution in [0.2, 0.25) is 0 Å². The molecule has 0 saturated carbocycles. The lowest BCUT2D eigenvalue weighted by atomic mass is 10.1.